The summed E-state index contributed by atoms with van der Waals surface area (Å²) in [6.07, 6.45) is 0. The molecule has 0 radical (unpaired) electrons. The van der Waals surface area contributed by atoms with Gasteiger partial charge in [0, 0.05) is 53.6 Å². The fraction of sp³-hybridized carbons (Fsp3) is 0. The highest BCUT2D eigenvalue weighted by molar-refractivity contribution is 7.26. The molecule has 0 aliphatic carbocycles. The molecule has 9 rings (SSSR count). The fourth-order valence-electron chi connectivity index (χ4n) is 6.35. The molecule has 9 aromatic rings. The molecule has 6 nitrogen and oxygen atoms in total. The van der Waals surface area contributed by atoms with Crippen LogP contribution in [0.2, 0.25) is 0 Å². The van der Waals surface area contributed by atoms with Gasteiger partial charge in [0.05, 0.1) is 11.4 Å². The first-order chi connectivity index (χ1) is 25.2. The first-order valence-corrected chi connectivity index (χ1v) is 17.3. The van der Waals surface area contributed by atoms with Crippen molar-refractivity contribution in [3.63, 3.8) is 0 Å². The van der Waals surface area contributed by atoms with Crippen LogP contribution in [-0.4, -0.2) is 24.9 Å². The van der Waals surface area contributed by atoms with E-state index in [0.29, 0.717) is 40.2 Å². The Balaban J connectivity index is 1.22. The number of thiophene rings is 1. The van der Waals surface area contributed by atoms with Crippen LogP contribution in [0.15, 0.2) is 158 Å². The van der Waals surface area contributed by atoms with Gasteiger partial charge in [0.1, 0.15) is 11.6 Å². The third kappa shape index (κ3) is 5.60. The fourth-order valence-corrected chi connectivity index (χ4v) is 7.60. The maximum absolute atomic E-state index is 10.4. The summed E-state index contributed by atoms with van der Waals surface area (Å²) in [6.45, 7) is 0. The Hall–Kier alpha value is -6.88. The quantitative estimate of drug-likeness (QED) is 0.175. The lowest BCUT2D eigenvalue weighted by molar-refractivity contribution is 1.07. The van der Waals surface area contributed by atoms with E-state index in [1.165, 1.54) is 0 Å². The van der Waals surface area contributed by atoms with Crippen molar-refractivity contribution in [3.05, 3.63) is 163 Å². The van der Waals surface area contributed by atoms with Crippen LogP contribution in [0.25, 0.3) is 88.2 Å². The standard InChI is InChI=1S/C44H26N6S/c45-27-36-38(28-14-5-1-6-15-28)46-44(47-39(36)29-16-7-2-8-17-29)35-23-13-22-34-33-25-24-32(26-37(33)51-40(34)35)43-49-41(30-18-9-3-10-19-30)48-42(50-43)31-20-11-4-12-21-31/h1-26H. The number of fused-ring (bicyclic) bond motifs is 3. The summed E-state index contributed by atoms with van der Waals surface area (Å²) in [5, 5.41) is 12.6. The number of hydrogen-bond acceptors (Lipinski definition) is 7. The highest BCUT2D eigenvalue weighted by Crippen LogP contribution is 2.42. The number of hydrogen-bond donors (Lipinski definition) is 0. The zero-order chi connectivity index (χ0) is 34.1. The van der Waals surface area contributed by atoms with Gasteiger partial charge in [0.2, 0.25) is 0 Å². The van der Waals surface area contributed by atoms with Crippen molar-refractivity contribution in [1.29, 1.82) is 5.26 Å². The lowest BCUT2D eigenvalue weighted by Gasteiger charge is -2.12. The summed E-state index contributed by atoms with van der Waals surface area (Å²) < 4.78 is 2.16. The molecular weight excluding hydrogens is 645 g/mol. The third-order valence-corrected chi connectivity index (χ3v) is 10.0. The van der Waals surface area contributed by atoms with Gasteiger partial charge < -0.3 is 0 Å². The van der Waals surface area contributed by atoms with Crippen LogP contribution < -0.4 is 0 Å². The van der Waals surface area contributed by atoms with Crippen molar-refractivity contribution in [2.45, 2.75) is 0 Å². The average Bonchev–Trinajstić information content (AvgIpc) is 3.60. The minimum atomic E-state index is 0.450. The lowest BCUT2D eigenvalue weighted by Crippen LogP contribution is -2.01. The van der Waals surface area contributed by atoms with Crippen molar-refractivity contribution < 1.29 is 0 Å². The maximum atomic E-state index is 10.4. The molecule has 0 aliphatic rings. The SMILES string of the molecule is N#Cc1c(-c2ccccc2)nc(-c2cccc3c2sc2cc(-c4nc(-c5ccccc5)nc(-c5ccccc5)n4)ccc23)nc1-c1ccccc1. The van der Waals surface area contributed by atoms with E-state index in [1.807, 2.05) is 127 Å². The van der Waals surface area contributed by atoms with Crippen LogP contribution in [0.3, 0.4) is 0 Å². The highest BCUT2D eigenvalue weighted by Gasteiger charge is 2.21. The Morgan fingerprint density at radius 1 is 0.412 bits per heavy atom. The van der Waals surface area contributed by atoms with Gasteiger partial charge in [0.25, 0.3) is 0 Å². The summed E-state index contributed by atoms with van der Waals surface area (Å²) in [4.78, 5) is 24.9. The molecule has 3 aromatic heterocycles. The first kappa shape index (κ1) is 30.2. The number of rotatable bonds is 6. The molecule has 6 aromatic carbocycles. The molecule has 3 heterocycles. The second kappa shape index (κ2) is 12.9. The smallest absolute Gasteiger partial charge is 0.164 e. The van der Waals surface area contributed by atoms with Crippen molar-refractivity contribution in [2.24, 2.45) is 0 Å². The number of benzene rings is 6. The van der Waals surface area contributed by atoms with E-state index < -0.39 is 0 Å². The van der Waals surface area contributed by atoms with E-state index in [1.54, 1.807) is 11.3 Å². The van der Waals surface area contributed by atoms with Crippen LogP contribution in [-0.2, 0) is 0 Å². The van der Waals surface area contributed by atoms with Crippen LogP contribution in [0.4, 0.5) is 0 Å². The van der Waals surface area contributed by atoms with Crippen LogP contribution in [0.5, 0.6) is 0 Å². The van der Waals surface area contributed by atoms with Crippen LogP contribution >= 0.6 is 11.3 Å². The molecule has 0 bridgehead atoms. The summed E-state index contributed by atoms with van der Waals surface area (Å²) in [5.41, 5.74) is 7.07. The van der Waals surface area contributed by atoms with E-state index in [0.717, 1.165) is 53.6 Å². The Kier molecular flexibility index (Phi) is 7.62. The second-order valence-electron chi connectivity index (χ2n) is 12.0. The van der Waals surface area contributed by atoms with Gasteiger partial charge in [-0.2, -0.15) is 5.26 Å². The third-order valence-electron chi connectivity index (χ3n) is 8.81. The molecule has 0 aliphatic heterocycles. The maximum Gasteiger partial charge on any atom is 0.164 e. The van der Waals surface area contributed by atoms with Gasteiger partial charge in [-0.25, -0.2) is 24.9 Å². The summed E-state index contributed by atoms with van der Waals surface area (Å²) in [6, 6.07) is 54.8. The van der Waals surface area contributed by atoms with Crippen molar-refractivity contribution in [1.82, 2.24) is 24.9 Å². The molecule has 7 heteroatoms. The Bertz CT molecular complexity index is 2620. The molecule has 0 fully saturated rings. The molecular formula is C44H26N6S. The van der Waals surface area contributed by atoms with Gasteiger partial charge in [-0.3, -0.25) is 0 Å². The number of nitrogens with zero attached hydrogens (tertiary/aromatic N) is 6. The molecule has 0 atom stereocenters. The predicted molar refractivity (Wildman–Crippen MR) is 206 cm³/mol. The largest absolute Gasteiger partial charge is 0.227 e. The minimum Gasteiger partial charge on any atom is -0.227 e. The van der Waals surface area contributed by atoms with Gasteiger partial charge in [-0.15, -0.1) is 11.3 Å². The van der Waals surface area contributed by atoms with E-state index in [4.69, 9.17) is 24.9 Å². The van der Waals surface area contributed by atoms with Crippen LogP contribution in [0.1, 0.15) is 5.56 Å². The van der Waals surface area contributed by atoms with Crippen molar-refractivity contribution in [3.8, 4) is 74.1 Å². The molecule has 0 unspecified atom stereocenters. The molecule has 238 valence electrons. The highest BCUT2D eigenvalue weighted by atomic mass is 32.1. The topological polar surface area (TPSA) is 88.2 Å². The minimum absolute atomic E-state index is 0.450. The lowest BCUT2D eigenvalue weighted by atomic mass is 10.00. The number of aromatic nitrogens is 5. The van der Waals surface area contributed by atoms with E-state index >= 15 is 0 Å². The summed E-state index contributed by atoms with van der Waals surface area (Å²) in [5.74, 6) is 2.43. The average molecular weight is 671 g/mol. The monoisotopic (exact) mass is 670 g/mol. The molecule has 0 spiro atoms. The van der Waals surface area contributed by atoms with E-state index in [2.05, 4.69) is 36.4 Å². The van der Waals surface area contributed by atoms with Crippen molar-refractivity contribution in [2.75, 3.05) is 0 Å². The van der Waals surface area contributed by atoms with Gasteiger partial charge in [0.15, 0.2) is 23.3 Å². The zero-order valence-corrected chi connectivity index (χ0v) is 27.9. The van der Waals surface area contributed by atoms with Crippen LogP contribution in [0, 0.1) is 11.3 Å². The van der Waals surface area contributed by atoms with Gasteiger partial charge in [-0.1, -0.05) is 146 Å². The summed E-state index contributed by atoms with van der Waals surface area (Å²) >= 11 is 1.69. The molecule has 0 saturated heterocycles. The Morgan fingerprint density at radius 3 is 1.41 bits per heavy atom. The Labute approximate surface area is 298 Å². The molecule has 51 heavy (non-hydrogen) atoms. The summed E-state index contributed by atoms with van der Waals surface area (Å²) in [7, 11) is 0. The second-order valence-corrected chi connectivity index (χ2v) is 13.0. The number of nitriles is 1. The Morgan fingerprint density at radius 2 is 0.902 bits per heavy atom. The van der Waals surface area contributed by atoms with Gasteiger partial charge in [-0.05, 0) is 12.1 Å². The zero-order valence-electron chi connectivity index (χ0n) is 27.1. The molecule has 0 N–H and O–H groups in total. The molecule has 0 amide bonds. The van der Waals surface area contributed by atoms with Gasteiger partial charge >= 0.3 is 0 Å². The normalized spacial score (nSPS) is 11.1. The molecule has 0 saturated carbocycles. The van der Waals surface area contributed by atoms with E-state index in [9.17, 15) is 5.26 Å². The predicted octanol–water partition coefficient (Wildman–Crippen LogP) is 10.9. The first-order valence-electron chi connectivity index (χ1n) is 16.5. The van der Waals surface area contributed by atoms with E-state index in [-0.39, 0.29) is 0 Å². The van der Waals surface area contributed by atoms with Crippen molar-refractivity contribution >= 4 is 31.5 Å².